The van der Waals surface area contributed by atoms with Crippen LogP contribution in [0.2, 0.25) is 0 Å². The highest BCUT2D eigenvalue weighted by molar-refractivity contribution is 14.1. The third-order valence-corrected chi connectivity index (χ3v) is 11.5. The average molecular weight is 790 g/mol. The van der Waals surface area contributed by atoms with Crippen LogP contribution in [0.1, 0.15) is 0 Å². The topological polar surface area (TPSA) is 47.5 Å². The lowest BCUT2D eigenvalue weighted by Crippen LogP contribution is -1.92. The fourth-order valence-electron chi connectivity index (χ4n) is 7.84. The smallest absolute Gasteiger partial charge is 0.165 e. The first-order valence-corrected chi connectivity index (χ1v) is 18.7. The van der Waals surface area contributed by atoms with Gasteiger partial charge in [0.05, 0.1) is 16.9 Å². The molecule has 11 aromatic rings. The highest BCUT2D eigenvalue weighted by Crippen LogP contribution is 2.38. The first kappa shape index (κ1) is 30.3. The molecule has 0 aliphatic carbocycles. The Balaban J connectivity index is 0.911. The molecule has 0 saturated heterocycles. The highest BCUT2D eigenvalue weighted by atomic mass is 127. The molecule has 248 valence electrons. The summed E-state index contributed by atoms with van der Waals surface area (Å²) in [6.07, 6.45) is 4.14. The minimum absolute atomic E-state index is 0.872. The van der Waals surface area contributed by atoms with Gasteiger partial charge in [-0.15, -0.1) is 0 Å². The third kappa shape index (κ3) is 4.72. The van der Waals surface area contributed by atoms with Crippen LogP contribution in [0.25, 0.3) is 99.7 Å². The van der Waals surface area contributed by atoms with E-state index in [4.69, 9.17) is 15.0 Å². The molecule has 0 atom stereocenters. The molecule has 6 aromatic heterocycles. The number of aromatic nitrogens is 5. The highest BCUT2D eigenvalue weighted by Gasteiger charge is 2.18. The standard InChI is InChI=1S/C47H28IN5/c48-42-39-13-5-7-27-52(39)46-41(42)35-9-1-2-10-36(35)43(50-46)33-23-19-31(20-24-33)29-15-17-30(18-16-29)32-21-25-34(26-22-32)44-37-11-3-4-12-38(37)45-47(51-44)53-28-8-6-14-40(53)49-45/h1-28H. The maximum Gasteiger partial charge on any atom is 0.165 e. The Morgan fingerprint density at radius 2 is 0.830 bits per heavy atom. The lowest BCUT2D eigenvalue weighted by atomic mass is 9.96. The molecule has 5 aromatic carbocycles. The molecule has 0 amide bonds. The summed E-state index contributed by atoms with van der Waals surface area (Å²) in [7, 11) is 0. The molecule has 0 unspecified atom stereocenters. The fourth-order valence-corrected chi connectivity index (χ4v) is 8.82. The molecule has 0 radical (unpaired) electrons. The molecule has 53 heavy (non-hydrogen) atoms. The summed E-state index contributed by atoms with van der Waals surface area (Å²) in [5, 5.41) is 5.81. The van der Waals surface area contributed by atoms with Crippen molar-refractivity contribution in [2.24, 2.45) is 0 Å². The second kappa shape index (κ2) is 11.8. The Morgan fingerprint density at radius 3 is 1.43 bits per heavy atom. The molecular formula is C47H28IN5. The van der Waals surface area contributed by atoms with E-state index in [1.807, 2.05) is 24.4 Å². The summed E-state index contributed by atoms with van der Waals surface area (Å²) in [5.74, 6) is 0. The SMILES string of the molecule is Ic1c2c3ccccc3c(-c3ccc(-c4ccc(-c5ccc(-c6nc7c(nc8ccccn87)c7ccccc67)cc5)cc4)cc3)nc2n2ccccc12. The monoisotopic (exact) mass is 789 g/mol. The van der Waals surface area contributed by atoms with Gasteiger partial charge in [0.15, 0.2) is 5.65 Å². The average Bonchev–Trinajstić information content (AvgIpc) is 3.75. The van der Waals surface area contributed by atoms with Crippen molar-refractivity contribution in [1.29, 1.82) is 0 Å². The van der Waals surface area contributed by atoms with Crippen molar-refractivity contribution in [1.82, 2.24) is 23.8 Å². The number of nitrogens with zero attached hydrogens (tertiary/aromatic N) is 5. The van der Waals surface area contributed by atoms with Crippen LogP contribution in [0.15, 0.2) is 170 Å². The largest absolute Gasteiger partial charge is 0.300 e. The molecule has 0 N–H and O–H groups in total. The van der Waals surface area contributed by atoms with E-state index < -0.39 is 0 Å². The first-order valence-electron chi connectivity index (χ1n) is 17.6. The summed E-state index contributed by atoms with van der Waals surface area (Å²) in [6.45, 7) is 0. The van der Waals surface area contributed by atoms with Crippen molar-refractivity contribution < 1.29 is 0 Å². The van der Waals surface area contributed by atoms with E-state index >= 15 is 0 Å². The van der Waals surface area contributed by atoms with Crippen molar-refractivity contribution >= 4 is 77.5 Å². The minimum Gasteiger partial charge on any atom is -0.300 e. The van der Waals surface area contributed by atoms with Crippen molar-refractivity contribution in [3.05, 3.63) is 174 Å². The van der Waals surface area contributed by atoms with E-state index in [9.17, 15) is 0 Å². The lowest BCUT2D eigenvalue weighted by Gasteiger charge is -2.10. The van der Waals surface area contributed by atoms with Gasteiger partial charge in [-0.2, -0.15) is 0 Å². The van der Waals surface area contributed by atoms with Crippen LogP contribution >= 0.6 is 22.6 Å². The van der Waals surface area contributed by atoms with Gasteiger partial charge >= 0.3 is 0 Å². The zero-order chi connectivity index (χ0) is 35.0. The zero-order valence-corrected chi connectivity index (χ0v) is 30.4. The molecule has 0 aliphatic heterocycles. The van der Waals surface area contributed by atoms with E-state index in [-0.39, 0.29) is 0 Å². The Hall–Kier alpha value is -6.38. The Bertz CT molecular complexity index is 3210. The fraction of sp³-hybridized carbons (Fsp3) is 0. The number of rotatable bonds is 4. The molecule has 11 rings (SSSR count). The van der Waals surface area contributed by atoms with E-state index in [1.54, 1.807) is 0 Å². The molecule has 0 bridgehead atoms. The first-order chi connectivity index (χ1) is 26.2. The predicted molar refractivity (Wildman–Crippen MR) is 226 cm³/mol. The third-order valence-electron chi connectivity index (χ3n) is 10.5. The van der Waals surface area contributed by atoms with Gasteiger partial charge in [0.1, 0.15) is 16.8 Å². The predicted octanol–water partition coefficient (Wildman–Crippen LogP) is 12.3. The summed E-state index contributed by atoms with van der Waals surface area (Å²) in [6, 6.07) is 55.8. The van der Waals surface area contributed by atoms with Crippen molar-refractivity contribution in [2.75, 3.05) is 0 Å². The van der Waals surface area contributed by atoms with Gasteiger partial charge in [0.25, 0.3) is 0 Å². The van der Waals surface area contributed by atoms with Crippen LogP contribution < -0.4 is 0 Å². The maximum absolute atomic E-state index is 5.28. The number of halogens is 1. The second-order valence-electron chi connectivity index (χ2n) is 13.4. The van der Waals surface area contributed by atoms with E-state index in [2.05, 4.69) is 177 Å². The number of benzene rings is 5. The minimum atomic E-state index is 0.872. The molecule has 0 saturated carbocycles. The zero-order valence-electron chi connectivity index (χ0n) is 28.3. The van der Waals surface area contributed by atoms with Crippen LogP contribution in [0, 0.1) is 3.57 Å². The maximum atomic E-state index is 5.28. The number of fused-ring (bicyclic) bond motifs is 10. The molecule has 0 spiro atoms. The Morgan fingerprint density at radius 1 is 0.377 bits per heavy atom. The van der Waals surface area contributed by atoms with Gasteiger partial charge in [-0.05, 0) is 74.5 Å². The van der Waals surface area contributed by atoms with Crippen LogP contribution in [-0.4, -0.2) is 23.8 Å². The summed E-state index contributed by atoms with van der Waals surface area (Å²) in [4.78, 5) is 15.4. The molecule has 0 fully saturated rings. The van der Waals surface area contributed by atoms with Gasteiger partial charge in [-0.3, -0.25) is 4.40 Å². The Kier molecular flexibility index (Phi) is 6.76. The number of hydrogen-bond donors (Lipinski definition) is 0. The molecule has 6 heteroatoms. The van der Waals surface area contributed by atoms with Gasteiger partial charge < -0.3 is 4.40 Å². The van der Waals surface area contributed by atoms with Crippen LogP contribution in [0.3, 0.4) is 0 Å². The van der Waals surface area contributed by atoms with E-state index in [0.717, 1.165) is 66.7 Å². The van der Waals surface area contributed by atoms with Crippen molar-refractivity contribution in [3.63, 3.8) is 0 Å². The van der Waals surface area contributed by atoms with E-state index in [0.29, 0.717) is 0 Å². The molecule has 6 heterocycles. The van der Waals surface area contributed by atoms with Crippen LogP contribution in [0.4, 0.5) is 0 Å². The number of imidazole rings is 1. The summed E-state index contributed by atoms with van der Waals surface area (Å²) >= 11 is 2.47. The molecule has 0 aliphatic rings. The van der Waals surface area contributed by atoms with Gasteiger partial charge in [0, 0.05) is 48.6 Å². The van der Waals surface area contributed by atoms with E-state index in [1.165, 1.54) is 36.5 Å². The molecular weight excluding hydrogens is 761 g/mol. The van der Waals surface area contributed by atoms with Gasteiger partial charge in [-0.1, -0.05) is 133 Å². The van der Waals surface area contributed by atoms with Gasteiger partial charge in [0.2, 0.25) is 0 Å². The van der Waals surface area contributed by atoms with Crippen molar-refractivity contribution in [3.8, 4) is 44.8 Å². The van der Waals surface area contributed by atoms with Crippen molar-refractivity contribution in [2.45, 2.75) is 0 Å². The summed E-state index contributed by atoms with van der Waals surface area (Å²) in [5.41, 5.74) is 13.7. The second-order valence-corrected chi connectivity index (χ2v) is 14.5. The Labute approximate surface area is 318 Å². The lowest BCUT2D eigenvalue weighted by molar-refractivity contribution is 1.19. The van der Waals surface area contributed by atoms with Gasteiger partial charge in [-0.25, -0.2) is 15.0 Å². The summed E-state index contributed by atoms with van der Waals surface area (Å²) < 4.78 is 5.51. The van der Waals surface area contributed by atoms with Crippen LogP contribution in [0.5, 0.6) is 0 Å². The van der Waals surface area contributed by atoms with Crippen LogP contribution in [-0.2, 0) is 0 Å². The molecule has 5 nitrogen and oxygen atoms in total. The normalized spacial score (nSPS) is 11.9. The number of hydrogen-bond acceptors (Lipinski definition) is 3. The quantitative estimate of drug-likeness (QED) is 0.167. The number of pyridine rings is 4.